The summed E-state index contributed by atoms with van der Waals surface area (Å²) in [6, 6.07) is 4.65. The first-order valence-corrected chi connectivity index (χ1v) is 8.14. The van der Waals surface area contributed by atoms with Crippen LogP contribution in [0, 0.1) is 5.82 Å². The van der Waals surface area contributed by atoms with Gasteiger partial charge in [0.2, 0.25) is 5.91 Å². The Morgan fingerprint density at radius 3 is 2.80 bits per heavy atom. The lowest BCUT2D eigenvalue weighted by atomic mass is 10.1. The number of rotatable bonds is 8. The second-order valence-corrected chi connectivity index (χ2v) is 6.23. The van der Waals surface area contributed by atoms with Crippen LogP contribution in [0.3, 0.4) is 0 Å². The molecule has 2 rings (SSSR count). The molecule has 4 amide bonds. The summed E-state index contributed by atoms with van der Waals surface area (Å²) in [5.74, 6) is -1.07. The highest BCUT2D eigenvalue weighted by Gasteiger charge is 2.38. The lowest BCUT2D eigenvalue weighted by Gasteiger charge is -2.13. The van der Waals surface area contributed by atoms with Crippen molar-refractivity contribution in [3.63, 3.8) is 0 Å². The van der Waals surface area contributed by atoms with Gasteiger partial charge in [-0.3, -0.25) is 14.5 Å². The highest BCUT2D eigenvalue weighted by Crippen LogP contribution is 2.12. The monoisotopic (exact) mass is 350 g/mol. The minimum atomic E-state index is -0.848. The van der Waals surface area contributed by atoms with Gasteiger partial charge in [-0.2, -0.15) is 0 Å². The van der Waals surface area contributed by atoms with Crippen LogP contribution < -0.4 is 10.6 Å². The molecule has 1 aromatic rings. The number of likely N-dealkylation sites (N-methyl/N-ethyl adjacent to an activating group) is 1. The molecule has 0 aliphatic carbocycles. The van der Waals surface area contributed by atoms with E-state index in [1.165, 1.54) is 12.1 Å². The first-order chi connectivity index (χ1) is 11.9. The second-order valence-electron chi connectivity index (χ2n) is 6.23. The number of hydrogen-bond acceptors (Lipinski definition) is 4. The summed E-state index contributed by atoms with van der Waals surface area (Å²) >= 11 is 0. The van der Waals surface area contributed by atoms with Gasteiger partial charge in [0, 0.05) is 19.6 Å². The average molecular weight is 350 g/mol. The number of benzene rings is 1. The average Bonchev–Trinajstić information content (AvgIpc) is 2.79. The van der Waals surface area contributed by atoms with E-state index in [1.54, 1.807) is 12.1 Å². The van der Waals surface area contributed by atoms with E-state index >= 15 is 0 Å². The van der Waals surface area contributed by atoms with Crippen LogP contribution in [0.4, 0.5) is 9.18 Å². The molecule has 1 fully saturated rings. The standard InChI is InChI=1S/C17H23FN4O3/c1-21(2)9-7-19-15(23)11-14-16(24)22(17(25)20-14)8-6-12-4-3-5-13(18)10-12/h3-5,10,14H,6-9,11H2,1-2H3,(H,19,23)(H,20,25). The smallest absolute Gasteiger partial charge is 0.324 e. The number of imide groups is 1. The van der Waals surface area contributed by atoms with E-state index in [9.17, 15) is 18.8 Å². The third-order valence-corrected chi connectivity index (χ3v) is 3.89. The maximum absolute atomic E-state index is 13.2. The molecule has 25 heavy (non-hydrogen) atoms. The minimum Gasteiger partial charge on any atom is -0.355 e. The van der Waals surface area contributed by atoms with Crippen molar-refractivity contribution in [2.24, 2.45) is 0 Å². The molecule has 0 aromatic heterocycles. The zero-order chi connectivity index (χ0) is 18.4. The van der Waals surface area contributed by atoms with Crippen molar-refractivity contribution in [3.05, 3.63) is 35.6 Å². The molecule has 0 radical (unpaired) electrons. The number of hydrogen-bond donors (Lipinski definition) is 2. The molecule has 0 spiro atoms. The highest BCUT2D eigenvalue weighted by molar-refractivity contribution is 6.05. The quantitative estimate of drug-likeness (QED) is 0.663. The van der Waals surface area contributed by atoms with Gasteiger partial charge in [-0.25, -0.2) is 9.18 Å². The lowest BCUT2D eigenvalue weighted by Crippen LogP contribution is -2.38. The summed E-state index contributed by atoms with van der Waals surface area (Å²) in [7, 11) is 3.78. The van der Waals surface area contributed by atoms with E-state index in [0.717, 1.165) is 4.90 Å². The van der Waals surface area contributed by atoms with E-state index in [-0.39, 0.29) is 24.7 Å². The molecule has 1 atom stereocenters. The molecule has 8 heteroatoms. The molecule has 1 aromatic carbocycles. The molecule has 1 unspecified atom stereocenters. The Labute approximate surface area is 146 Å². The molecular weight excluding hydrogens is 327 g/mol. The van der Waals surface area contributed by atoms with Crippen molar-refractivity contribution in [1.29, 1.82) is 0 Å². The summed E-state index contributed by atoms with van der Waals surface area (Å²) in [4.78, 5) is 39.1. The first kappa shape index (κ1) is 18.9. The van der Waals surface area contributed by atoms with Gasteiger partial charge in [0.15, 0.2) is 0 Å². The van der Waals surface area contributed by atoms with Crippen LogP contribution in [-0.2, 0) is 16.0 Å². The maximum atomic E-state index is 13.2. The molecule has 136 valence electrons. The fourth-order valence-electron chi connectivity index (χ4n) is 2.54. The Bertz CT molecular complexity index is 651. The van der Waals surface area contributed by atoms with Crippen LogP contribution in [0.25, 0.3) is 0 Å². The molecule has 1 aliphatic heterocycles. The summed E-state index contributed by atoms with van der Waals surface area (Å²) in [6.45, 7) is 1.31. The topological polar surface area (TPSA) is 81.8 Å². The van der Waals surface area contributed by atoms with Gasteiger partial charge in [0.1, 0.15) is 11.9 Å². The second kappa shape index (κ2) is 8.57. The number of nitrogens with one attached hydrogen (secondary N) is 2. The Kier molecular flexibility index (Phi) is 6.46. The van der Waals surface area contributed by atoms with Gasteiger partial charge in [0.25, 0.3) is 5.91 Å². The van der Waals surface area contributed by atoms with Gasteiger partial charge in [-0.15, -0.1) is 0 Å². The van der Waals surface area contributed by atoms with Crippen LogP contribution in [0.15, 0.2) is 24.3 Å². The number of halogens is 1. The first-order valence-electron chi connectivity index (χ1n) is 8.14. The number of carbonyl (C=O) groups is 3. The highest BCUT2D eigenvalue weighted by atomic mass is 19.1. The van der Waals surface area contributed by atoms with Crippen LogP contribution in [-0.4, -0.2) is 67.4 Å². The maximum Gasteiger partial charge on any atom is 0.324 e. The van der Waals surface area contributed by atoms with Crippen LogP contribution in [0.2, 0.25) is 0 Å². The van der Waals surface area contributed by atoms with Gasteiger partial charge in [0.05, 0.1) is 6.42 Å². The van der Waals surface area contributed by atoms with Crippen molar-refractivity contribution in [1.82, 2.24) is 20.4 Å². The van der Waals surface area contributed by atoms with Crippen LogP contribution in [0.1, 0.15) is 12.0 Å². The number of urea groups is 1. The molecule has 0 bridgehead atoms. The third kappa shape index (κ3) is 5.53. The normalized spacial score (nSPS) is 17.1. The van der Waals surface area contributed by atoms with Crippen LogP contribution >= 0.6 is 0 Å². The van der Waals surface area contributed by atoms with E-state index in [4.69, 9.17) is 0 Å². The zero-order valence-electron chi connectivity index (χ0n) is 14.4. The minimum absolute atomic E-state index is 0.0888. The van der Waals surface area contributed by atoms with Crippen LogP contribution in [0.5, 0.6) is 0 Å². The SMILES string of the molecule is CN(C)CCNC(=O)CC1NC(=O)N(CCc2cccc(F)c2)C1=O. The van der Waals surface area contributed by atoms with Crippen molar-refractivity contribution >= 4 is 17.8 Å². The van der Waals surface area contributed by atoms with Gasteiger partial charge < -0.3 is 15.5 Å². The number of nitrogens with zero attached hydrogens (tertiary/aromatic N) is 2. The summed E-state index contributed by atoms with van der Waals surface area (Å²) in [6.07, 6.45) is 0.271. The Balaban J connectivity index is 1.83. The van der Waals surface area contributed by atoms with Crippen molar-refractivity contribution < 1.29 is 18.8 Å². The number of amides is 4. The molecular formula is C17H23FN4O3. The molecule has 0 saturated carbocycles. The molecule has 2 N–H and O–H groups in total. The van der Waals surface area contributed by atoms with E-state index in [0.29, 0.717) is 25.1 Å². The molecule has 1 heterocycles. The molecule has 1 saturated heterocycles. The molecule has 7 nitrogen and oxygen atoms in total. The van der Waals surface area contributed by atoms with E-state index in [2.05, 4.69) is 10.6 Å². The fourth-order valence-corrected chi connectivity index (χ4v) is 2.54. The van der Waals surface area contributed by atoms with Gasteiger partial charge in [-0.05, 0) is 38.2 Å². The Morgan fingerprint density at radius 1 is 1.36 bits per heavy atom. The zero-order valence-corrected chi connectivity index (χ0v) is 14.4. The van der Waals surface area contributed by atoms with Gasteiger partial charge >= 0.3 is 6.03 Å². The van der Waals surface area contributed by atoms with Crippen molar-refractivity contribution in [2.45, 2.75) is 18.9 Å². The van der Waals surface area contributed by atoms with Gasteiger partial charge in [-0.1, -0.05) is 12.1 Å². The van der Waals surface area contributed by atoms with Crippen molar-refractivity contribution in [2.75, 3.05) is 33.7 Å². The number of carbonyl (C=O) groups excluding carboxylic acids is 3. The lowest BCUT2D eigenvalue weighted by molar-refractivity contribution is -0.130. The third-order valence-electron chi connectivity index (χ3n) is 3.89. The Morgan fingerprint density at radius 2 is 2.12 bits per heavy atom. The predicted molar refractivity (Wildman–Crippen MR) is 90.3 cm³/mol. The predicted octanol–water partition coefficient (Wildman–Crippen LogP) is 0.357. The summed E-state index contributed by atoms with van der Waals surface area (Å²) < 4.78 is 13.2. The Hall–Kier alpha value is -2.48. The summed E-state index contributed by atoms with van der Waals surface area (Å²) in [5.41, 5.74) is 0.700. The van der Waals surface area contributed by atoms with E-state index < -0.39 is 18.0 Å². The van der Waals surface area contributed by atoms with Crippen molar-refractivity contribution in [3.8, 4) is 0 Å². The summed E-state index contributed by atoms with van der Waals surface area (Å²) in [5, 5.41) is 5.23. The fraction of sp³-hybridized carbons (Fsp3) is 0.471. The van der Waals surface area contributed by atoms with E-state index in [1.807, 2.05) is 19.0 Å². The largest absolute Gasteiger partial charge is 0.355 e. The molecule has 1 aliphatic rings.